The van der Waals surface area contributed by atoms with E-state index in [1.54, 1.807) is 18.0 Å². The molecule has 0 bridgehead atoms. The molecule has 110 valence electrons. The summed E-state index contributed by atoms with van der Waals surface area (Å²) in [4.78, 5) is 13.5. The number of furan rings is 1. The third-order valence-corrected chi connectivity index (χ3v) is 3.84. The summed E-state index contributed by atoms with van der Waals surface area (Å²) in [6.45, 7) is 0.383. The van der Waals surface area contributed by atoms with Gasteiger partial charge in [-0.2, -0.15) is 0 Å². The summed E-state index contributed by atoms with van der Waals surface area (Å²) >= 11 is 0. The van der Waals surface area contributed by atoms with Crippen LogP contribution in [0.2, 0.25) is 0 Å². The zero-order valence-corrected chi connectivity index (χ0v) is 12.0. The van der Waals surface area contributed by atoms with Gasteiger partial charge in [0.1, 0.15) is 11.3 Å². The lowest BCUT2D eigenvalue weighted by molar-refractivity contribution is -0.126. The van der Waals surface area contributed by atoms with Gasteiger partial charge in [0.05, 0.1) is 6.10 Å². The van der Waals surface area contributed by atoms with Crippen LogP contribution in [0, 0.1) is 5.92 Å². The minimum Gasteiger partial charge on any atom is -0.457 e. The highest BCUT2D eigenvalue weighted by molar-refractivity contribution is 5.92. The van der Waals surface area contributed by atoms with Crippen molar-refractivity contribution < 1.29 is 14.3 Å². The molecule has 1 fully saturated rings. The van der Waals surface area contributed by atoms with Crippen molar-refractivity contribution in [1.82, 2.24) is 4.90 Å². The fourth-order valence-electron chi connectivity index (χ4n) is 2.37. The molecule has 1 amide bonds. The van der Waals surface area contributed by atoms with E-state index in [1.165, 1.54) is 6.08 Å². The number of rotatable bonds is 5. The molecular formula is C17H19NO3. The Labute approximate surface area is 123 Å². The van der Waals surface area contributed by atoms with Crippen molar-refractivity contribution in [2.45, 2.75) is 18.9 Å². The minimum absolute atomic E-state index is 0.129. The Morgan fingerprint density at radius 2 is 2.24 bits per heavy atom. The molecule has 1 aliphatic carbocycles. The molecular weight excluding hydrogens is 266 g/mol. The number of aliphatic hydroxyl groups excluding tert-OH is 1. The van der Waals surface area contributed by atoms with E-state index in [1.807, 2.05) is 30.3 Å². The lowest BCUT2D eigenvalue weighted by Crippen LogP contribution is -2.34. The maximum atomic E-state index is 12.0. The van der Waals surface area contributed by atoms with Gasteiger partial charge >= 0.3 is 0 Å². The van der Waals surface area contributed by atoms with Crippen molar-refractivity contribution in [3.8, 4) is 0 Å². The first-order valence-corrected chi connectivity index (χ1v) is 7.23. The standard InChI is InChI=1S/C17H19NO3/c1-18(11-15(19)12-6-7-12)17(20)9-8-14-10-13-4-2-3-5-16(13)21-14/h2-5,8-10,12,15,19H,6-7,11H2,1H3/b9-8+. The molecule has 0 aliphatic heterocycles. The number of carbonyl (C=O) groups excluding carboxylic acids is 1. The summed E-state index contributed by atoms with van der Waals surface area (Å²) in [7, 11) is 1.71. The van der Waals surface area contributed by atoms with Crippen LogP contribution in [0.5, 0.6) is 0 Å². The molecule has 1 aromatic carbocycles. The lowest BCUT2D eigenvalue weighted by atomic mass is 10.2. The molecule has 1 aromatic heterocycles. The van der Waals surface area contributed by atoms with Gasteiger partial charge in [-0.15, -0.1) is 0 Å². The zero-order chi connectivity index (χ0) is 14.8. The number of hydrogen-bond acceptors (Lipinski definition) is 3. The van der Waals surface area contributed by atoms with Gasteiger partial charge in [0.25, 0.3) is 0 Å². The second-order valence-electron chi connectivity index (χ2n) is 5.64. The van der Waals surface area contributed by atoms with E-state index >= 15 is 0 Å². The molecule has 2 aromatic rings. The van der Waals surface area contributed by atoms with E-state index in [0.29, 0.717) is 18.2 Å². The average Bonchev–Trinajstić information content (AvgIpc) is 3.24. The van der Waals surface area contributed by atoms with Gasteiger partial charge in [-0.3, -0.25) is 4.79 Å². The zero-order valence-electron chi connectivity index (χ0n) is 12.0. The van der Waals surface area contributed by atoms with E-state index in [0.717, 1.165) is 23.8 Å². The Hall–Kier alpha value is -2.07. The highest BCUT2D eigenvalue weighted by Crippen LogP contribution is 2.32. The Kier molecular flexibility index (Phi) is 3.80. The molecule has 1 unspecified atom stereocenters. The fourth-order valence-corrected chi connectivity index (χ4v) is 2.37. The number of para-hydroxylation sites is 1. The topological polar surface area (TPSA) is 53.7 Å². The third kappa shape index (κ3) is 3.34. The summed E-state index contributed by atoms with van der Waals surface area (Å²) in [5.74, 6) is 0.899. The van der Waals surface area contributed by atoms with E-state index < -0.39 is 6.10 Å². The monoisotopic (exact) mass is 285 g/mol. The van der Waals surface area contributed by atoms with Crippen molar-refractivity contribution in [2.24, 2.45) is 5.92 Å². The highest BCUT2D eigenvalue weighted by atomic mass is 16.3. The number of amides is 1. The number of carbonyl (C=O) groups is 1. The molecule has 3 rings (SSSR count). The van der Waals surface area contributed by atoms with Gasteiger partial charge in [-0.1, -0.05) is 18.2 Å². The van der Waals surface area contributed by atoms with E-state index in [9.17, 15) is 9.90 Å². The quantitative estimate of drug-likeness (QED) is 0.859. The second-order valence-corrected chi connectivity index (χ2v) is 5.64. The number of hydrogen-bond donors (Lipinski definition) is 1. The smallest absolute Gasteiger partial charge is 0.246 e. The van der Waals surface area contributed by atoms with Crippen LogP contribution in [0.25, 0.3) is 17.0 Å². The van der Waals surface area contributed by atoms with Gasteiger partial charge in [0.2, 0.25) is 5.91 Å². The minimum atomic E-state index is -0.404. The molecule has 4 nitrogen and oxygen atoms in total. The average molecular weight is 285 g/mol. The van der Waals surface area contributed by atoms with Crippen LogP contribution in [-0.4, -0.2) is 35.6 Å². The summed E-state index contributed by atoms with van der Waals surface area (Å²) in [5, 5.41) is 10.9. The normalized spacial score (nSPS) is 16.5. The highest BCUT2D eigenvalue weighted by Gasteiger charge is 2.30. The van der Waals surface area contributed by atoms with Gasteiger partial charge in [-0.05, 0) is 37.0 Å². The van der Waals surface area contributed by atoms with Crippen LogP contribution < -0.4 is 0 Å². The first-order valence-electron chi connectivity index (χ1n) is 7.23. The van der Waals surface area contributed by atoms with Crippen molar-refractivity contribution in [2.75, 3.05) is 13.6 Å². The van der Waals surface area contributed by atoms with Crippen LogP contribution in [-0.2, 0) is 4.79 Å². The predicted octanol–water partition coefficient (Wildman–Crippen LogP) is 2.68. The van der Waals surface area contributed by atoms with Crippen LogP contribution in [0.15, 0.2) is 40.8 Å². The molecule has 0 radical (unpaired) electrons. The first-order chi connectivity index (χ1) is 10.1. The van der Waals surface area contributed by atoms with E-state index in [2.05, 4.69) is 0 Å². The fraction of sp³-hybridized carbons (Fsp3) is 0.353. The number of fused-ring (bicyclic) bond motifs is 1. The van der Waals surface area contributed by atoms with Crippen molar-refractivity contribution in [1.29, 1.82) is 0 Å². The lowest BCUT2D eigenvalue weighted by Gasteiger charge is -2.19. The molecule has 1 saturated carbocycles. The van der Waals surface area contributed by atoms with Gasteiger partial charge in [0.15, 0.2) is 0 Å². The van der Waals surface area contributed by atoms with Crippen molar-refractivity contribution >= 4 is 23.0 Å². The molecule has 0 spiro atoms. The van der Waals surface area contributed by atoms with Crippen LogP contribution in [0.4, 0.5) is 0 Å². The molecule has 1 heterocycles. The molecule has 1 N–H and O–H groups in total. The SMILES string of the molecule is CN(CC(O)C1CC1)C(=O)/C=C/c1cc2ccccc2o1. The molecule has 1 aliphatic rings. The summed E-state index contributed by atoms with van der Waals surface area (Å²) in [6, 6.07) is 9.63. The van der Waals surface area contributed by atoms with Crippen LogP contribution in [0.1, 0.15) is 18.6 Å². The second kappa shape index (κ2) is 5.74. The Morgan fingerprint density at radius 1 is 1.48 bits per heavy atom. The number of likely N-dealkylation sites (N-methyl/N-ethyl adjacent to an activating group) is 1. The Balaban J connectivity index is 1.62. The number of nitrogens with zero attached hydrogens (tertiary/aromatic N) is 1. The maximum absolute atomic E-state index is 12.0. The van der Waals surface area contributed by atoms with E-state index in [4.69, 9.17) is 4.42 Å². The van der Waals surface area contributed by atoms with Gasteiger partial charge in [0, 0.05) is 25.1 Å². The number of aliphatic hydroxyl groups is 1. The molecule has 1 atom stereocenters. The van der Waals surface area contributed by atoms with Crippen LogP contribution >= 0.6 is 0 Å². The molecule has 4 heteroatoms. The van der Waals surface area contributed by atoms with E-state index in [-0.39, 0.29) is 5.91 Å². The van der Waals surface area contributed by atoms with Crippen molar-refractivity contribution in [3.63, 3.8) is 0 Å². The number of benzene rings is 1. The Morgan fingerprint density at radius 3 is 2.95 bits per heavy atom. The predicted molar refractivity (Wildman–Crippen MR) is 81.6 cm³/mol. The first kappa shape index (κ1) is 13.9. The van der Waals surface area contributed by atoms with Gasteiger partial charge < -0.3 is 14.4 Å². The summed E-state index contributed by atoms with van der Waals surface area (Å²) < 4.78 is 5.62. The summed E-state index contributed by atoms with van der Waals surface area (Å²) in [5.41, 5.74) is 0.808. The third-order valence-electron chi connectivity index (χ3n) is 3.84. The van der Waals surface area contributed by atoms with Crippen molar-refractivity contribution in [3.05, 3.63) is 42.2 Å². The molecule has 0 saturated heterocycles. The van der Waals surface area contributed by atoms with Gasteiger partial charge in [-0.25, -0.2) is 0 Å². The summed E-state index contributed by atoms with van der Waals surface area (Å²) in [6.07, 6.45) is 4.88. The largest absolute Gasteiger partial charge is 0.457 e. The van der Waals surface area contributed by atoms with Crippen LogP contribution in [0.3, 0.4) is 0 Å². The Bertz CT molecular complexity index is 636. The molecule has 21 heavy (non-hydrogen) atoms. The maximum Gasteiger partial charge on any atom is 0.246 e.